The monoisotopic (exact) mass is 302 g/mol. The van der Waals surface area contributed by atoms with Gasteiger partial charge in [-0.1, -0.05) is 12.8 Å². The van der Waals surface area contributed by atoms with Gasteiger partial charge in [0.15, 0.2) is 0 Å². The fourth-order valence-corrected chi connectivity index (χ4v) is 3.01. The molecule has 1 saturated carbocycles. The summed E-state index contributed by atoms with van der Waals surface area (Å²) in [5, 5.41) is 17.7. The molecule has 1 aliphatic carbocycles. The van der Waals surface area contributed by atoms with Gasteiger partial charge in [0.1, 0.15) is 5.82 Å². The highest BCUT2D eigenvalue weighted by atomic mass is 32.2. The molecule has 2 rings (SSSR count). The molecule has 1 fully saturated rings. The lowest BCUT2D eigenvalue weighted by Crippen LogP contribution is -2.30. The zero-order chi connectivity index (χ0) is 14.8. The Morgan fingerprint density at radius 3 is 2.65 bits per heavy atom. The first kappa shape index (κ1) is 15.2. The fraction of sp³-hybridized carbons (Fsp3) is 0.538. The lowest BCUT2D eigenvalue weighted by atomic mass is 9.86. The van der Waals surface area contributed by atoms with Crippen LogP contribution in [0.5, 0.6) is 0 Å². The molecule has 112 valence electrons. The second-order valence-electron chi connectivity index (χ2n) is 5.18. The summed E-state index contributed by atoms with van der Waals surface area (Å²) >= 11 is 0. The Bertz CT molecular complexity index is 577. The molecule has 2 unspecified atom stereocenters. The summed E-state index contributed by atoms with van der Waals surface area (Å²) < 4.78 is 36.0. The zero-order valence-corrected chi connectivity index (χ0v) is 11.9. The van der Waals surface area contributed by atoms with Crippen molar-refractivity contribution in [3.63, 3.8) is 0 Å². The number of anilines is 1. The van der Waals surface area contributed by atoms with Gasteiger partial charge in [0.2, 0.25) is 10.0 Å². The summed E-state index contributed by atoms with van der Waals surface area (Å²) in [7, 11) is -3.89. The molecule has 20 heavy (non-hydrogen) atoms. The number of halogens is 1. The highest BCUT2D eigenvalue weighted by Crippen LogP contribution is 2.25. The van der Waals surface area contributed by atoms with Crippen LogP contribution in [0.2, 0.25) is 0 Å². The van der Waals surface area contributed by atoms with Gasteiger partial charge < -0.3 is 10.4 Å². The number of sulfonamides is 1. The summed E-state index contributed by atoms with van der Waals surface area (Å²) in [5.41, 5.74) is 0.218. The third-order valence-corrected chi connectivity index (χ3v) is 4.60. The number of rotatable bonds is 4. The lowest BCUT2D eigenvalue weighted by molar-refractivity contribution is 0.0763. The van der Waals surface area contributed by atoms with Crippen LogP contribution in [0.3, 0.4) is 0 Å². The summed E-state index contributed by atoms with van der Waals surface area (Å²) in [5.74, 6) is -0.567. The van der Waals surface area contributed by atoms with Crippen molar-refractivity contribution < 1.29 is 17.9 Å². The van der Waals surface area contributed by atoms with E-state index in [1.165, 1.54) is 12.1 Å². The standard InChI is InChI=1S/C13H19FN2O3S/c14-11-7-10(20(15,18)19)5-6-12(11)16-8-9-3-1-2-4-13(9)17/h5-7,9,13,16-17H,1-4,8H2,(H2,15,18,19). The van der Waals surface area contributed by atoms with Crippen molar-refractivity contribution in [3.8, 4) is 0 Å². The van der Waals surface area contributed by atoms with Gasteiger partial charge >= 0.3 is 0 Å². The van der Waals surface area contributed by atoms with Gasteiger partial charge in [-0.2, -0.15) is 0 Å². The molecule has 4 N–H and O–H groups in total. The molecule has 1 aromatic rings. The minimum absolute atomic E-state index is 0.0982. The minimum Gasteiger partial charge on any atom is -0.393 e. The van der Waals surface area contributed by atoms with Crippen molar-refractivity contribution in [2.75, 3.05) is 11.9 Å². The Morgan fingerprint density at radius 2 is 2.05 bits per heavy atom. The van der Waals surface area contributed by atoms with Crippen LogP contribution in [-0.4, -0.2) is 26.2 Å². The number of benzene rings is 1. The van der Waals surface area contributed by atoms with E-state index in [9.17, 15) is 17.9 Å². The van der Waals surface area contributed by atoms with E-state index < -0.39 is 15.8 Å². The normalized spacial score (nSPS) is 23.6. The number of aliphatic hydroxyl groups excluding tert-OH is 1. The Labute approximate surface area is 118 Å². The number of hydrogen-bond acceptors (Lipinski definition) is 4. The van der Waals surface area contributed by atoms with Crippen molar-refractivity contribution in [2.45, 2.75) is 36.7 Å². The summed E-state index contributed by atoms with van der Waals surface area (Å²) in [4.78, 5) is -0.252. The molecule has 0 spiro atoms. The molecule has 7 heteroatoms. The van der Waals surface area contributed by atoms with E-state index in [2.05, 4.69) is 5.32 Å². The molecular formula is C13H19FN2O3S. The number of nitrogens with two attached hydrogens (primary N) is 1. The van der Waals surface area contributed by atoms with Crippen LogP contribution in [-0.2, 0) is 10.0 Å². The maximum atomic E-state index is 13.8. The van der Waals surface area contributed by atoms with Crippen LogP contribution in [0.15, 0.2) is 23.1 Å². The van der Waals surface area contributed by atoms with Crippen LogP contribution in [0.25, 0.3) is 0 Å². The predicted molar refractivity (Wildman–Crippen MR) is 74.2 cm³/mol. The van der Waals surface area contributed by atoms with E-state index in [0.717, 1.165) is 31.7 Å². The van der Waals surface area contributed by atoms with Crippen LogP contribution in [0.4, 0.5) is 10.1 Å². The zero-order valence-electron chi connectivity index (χ0n) is 11.0. The van der Waals surface area contributed by atoms with Crippen molar-refractivity contribution in [1.82, 2.24) is 0 Å². The van der Waals surface area contributed by atoms with Crippen molar-refractivity contribution >= 4 is 15.7 Å². The molecule has 5 nitrogen and oxygen atoms in total. The Hall–Kier alpha value is -1.18. The summed E-state index contributed by atoms with van der Waals surface area (Å²) in [6.45, 7) is 0.465. The highest BCUT2D eigenvalue weighted by Gasteiger charge is 2.23. The maximum Gasteiger partial charge on any atom is 0.238 e. The van der Waals surface area contributed by atoms with Gasteiger partial charge in [-0.15, -0.1) is 0 Å². The van der Waals surface area contributed by atoms with Gasteiger partial charge in [-0.3, -0.25) is 0 Å². The summed E-state index contributed by atoms with van der Waals surface area (Å²) in [6, 6.07) is 3.51. The molecule has 0 bridgehead atoms. The topological polar surface area (TPSA) is 92.4 Å². The van der Waals surface area contributed by atoms with E-state index >= 15 is 0 Å². The molecule has 0 amide bonds. The first-order valence-corrected chi connectivity index (χ1v) is 8.17. The smallest absolute Gasteiger partial charge is 0.238 e. The maximum absolute atomic E-state index is 13.8. The van der Waals surface area contributed by atoms with Crippen molar-refractivity contribution in [2.24, 2.45) is 11.1 Å². The third kappa shape index (κ3) is 3.68. The van der Waals surface area contributed by atoms with Gasteiger partial charge in [0.05, 0.1) is 16.7 Å². The number of primary sulfonamides is 1. The average molecular weight is 302 g/mol. The van der Waals surface area contributed by atoms with Crippen LogP contribution in [0, 0.1) is 11.7 Å². The first-order valence-electron chi connectivity index (χ1n) is 6.62. The first-order chi connectivity index (χ1) is 9.38. The number of aliphatic hydroxyl groups is 1. The van der Waals surface area contributed by atoms with Crippen molar-refractivity contribution in [1.29, 1.82) is 0 Å². The molecule has 0 aliphatic heterocycles. The average Bonchev–Trinajstić information content (AvgIpc) is 2.38. The molecule has 0 radical (unpaired) electrons. The molecule has 0 saturated heterocycles. The molecule has 1 aliphatic rings. The number of nitrogens with one attached hydrogen (secondary N) is 1. The second-order valence-corrected chi connectivity index (χ2v) is 6.74. The van der Waals surface area contributed by atoms with Gasteiger partial charge in [-0.05, 0) is 31.0 Å². The molecule has 1 aromatic carbocycles. The summed E-state index contributed by atoms with van der Waals surface area (Å²) in [6.07, 6.45) is 3.42. The van der Waals surface area contributed by atoms with E-state index in [1.807, 2.05) is 0 Å². The minimum atomic E-state index is -3.89. The van der Waals surface area contributed by atoms with Crippen LogP contribution < -0.4 is 10.5 Å². The SMILES string of the molecule is NS(=O)(=O)c1ccc(NCC2CCCCC2O)c(F)c1. The molecule has 0 aromatic heterocycles. The quantitative estimate of drug-likeness (QED) is 0.784. The van der Waals surface area contributed by atoms with Crippen LogP contribution in [0.1, 0.15) is 25.7 Å². The Kier molecular flexibility index (Phi) is 4.62. The second kappa shape index (κ2) is 6.07. The van der Waals surface area contributed by atoms with E-state index in [4.69, 9.17) is 5.14 Å². The molecular weight excluding hydrogens is 283 g/mol. The van der Waals surface area contributed by atoms with Gasteiger partial charge in [0.25, 0.3) is 0 Å². The lowest BCUT2D eigenvalue weighted by Gasteiger charge is -2.28. The Balaban J connectivity index is 2.03. The van der Waals surface area contributed by atoms with Gasteiger partial charge in [0, 0.05) is 12.5 Å². The van der Waals surface area contributed by atoms with Crippen LogP contribution >= 0.6 is 0 Å². The highest BCUT2D eigenvalue weighted by molar-refractivity contribution is 7.89. The van der Waals surface area contributed by atoms with E-state index in [0.29, 0.717) is 6.54 Å². The Morgan fingerprint density at radius 1 is 1.35 bits per heavy atom. The predicted octanol–water partition coefficient (Wildman–Crippen LogP) is 1.44. The van der Waals surface area contributed by atoms with E-state index in [1.54, 1.807) is 0 Å². The third-order valence-electron chi connectivity index (χ3n) is 3.69. The molecule has 2 atom stereocenters. The number of hydrogen-bond donors (Lipinski definition) is 3. The van der Waals surface area contributed by atoms with Crippen molar-refractivity contribution in [3.05, 3.63) is 24.0 Å². The fourth-order valence-electron chi connectivity index (χ4n) is 2.48. The molecule has 0 heterocycles. The van der Waals surface area contributed by atoms with E-state index in [-0.39, 0.29) is 22.6 Å². The largest absolute Gasteiger partial charge is 0.393 e. The van der Waals surface area contributed by atoms with Gasteiger partial charge in [-0.25, -0.2) is 17.9 Å².